The Kier molecular flexibility index (Phi) is 5.63. The lowest BCUT2D eigenvalue weighted by Crippen LogP contribution is -2.20. The van der Waals surface area contributed by atoms with Crippen molar-refractivity contribution in [1.29, 1.82) is 0 Å². The largest absolute Gasteiger partial charge is 0.467 e. The molecule has 0 amide bonds. The normalized spacial score (nSPS) is 12.8. The van der Waals surface area contributed by atoms with Crippen molar-refractivity contribution in [2.75, 3.05) is 6.61 Å². The molecule has 98 valence electrons. The number of aromatic nitrogens is 2. The fourth-order valence-electron chi connectivity index (χ4n) is 1.01. The first-order valence-electron chi connectivity index (χ1n) is 4.59. The van der Waals surface area contributed by atoms with Crippen LogP contribution in [0.5, 0.6) is 5.88 Å². The molecule has 1 aromatic heterocycles. The van der Waals surface area contributed by atoms with Crippen LogP contribution in [0.2, 0.25) is 0 Å². The van der Waals surface area contributed by atoms with Gasteiger partial charge < -0.3 is 10.5 Å². The number of rotatable bonds is 3. The van der Waals surface area contributed by atoms with Crippen molar-refractivity contribution in [2.24, 2.45) is 5.73 Å². The maximum absolute atomic E-state index is 11.9. The summed E-state index contributed by atoms with van der Waals surface area (Å²) in [6.07, 6.45) is -4.38. The SMILES string of the molecule is Cc1cc(C(C)N)nnc1OCC(F)(F)F.Cl. The third-order valence-corrected chi connectivity index (χ3v) is 1.80. The molecule has 0 fully saturated rings. The van der Waals surface area contributed by atoms with E-state index in [1.165, 1.54) is 0 Å². The molecule has 1 unspecified atom stereocenters. The number of aryl methyl sites for hydroxylation is 1. The number of nitrogens with two attached hydrogens (primary N) is 1. The van der Waals surface area contributed by atoms with Crippen LogP contribution in [0.4, 0.5) is 13.2 Å². The van der Waals surface area contributed by atoms with Crippen molar-refractivity contribution in [3.63, 3.8) is 0 Å². The van der Waals surface area contributed by atoms with E-state index in [-0.39, 0.29) is 24.3 Å². The molecule has 1 atom stereocenters. The van der Waals surface area contributed by atoms with E-state index in [0.717, 1.165) is 0 Å². The smallest absolute Gasteiger partial charge is 0.422 e. The molecule has 17 heavy (non-hydrogen) atoms. The predicted octanol–water partition coefficient (Wildman–Crippen LogP) is 2.17. The molecule has 0 spiro atoms. The molecule has 4 nitrogen and oxygen atoms in total. The lowest BCUT2D eigenvalue weighted by molar-refractivity contribution is -0.154. The van der Waals surface area contributed by atoms with Gasteiger partial charge in [-0.1, -0.05) is 0 Å². The summed E-state index contributed by atoms with van der Waals surface area (Å²) in [5, 5.41) is 7.22. The predicted molar refractivity (Wildman–Crippen MR) is 58.2 cm³/mol. The summed E-state index contributed by atoms with van der Waals surface area (Å²) in [5.41, 5.74) is 6.54. The zero-order valence-corrected chi connectivity index (χ0v) is 10.1. The molecule has 0 saturated carbocycles. The lowest BCUT2D eigenvalue weighted by Gasteiger charge is -2.11. The molecule has 0 aliphatic carbocycles. The van der Waals surface area contributed by atoms with Crippen LogP contribution in [0.15, 0.2) is 6.07 Å². The summed E-state index contributed by atoms with van der Waals surface area (Å²) in [7, 11) is 0. The average Bonchev–Trinajstić information content (AvgIpc) is 2.14. The number of nitrogens with zero attached hydrogens (tertiary/aromatic N) is 2. The van der Waals surface area contributed by atoms with E-state index < -0.39 is 12.8 Å². The Balaban J connectivity index is 0.00000256. The molecule has 2 N–H and O–H groups in total. The molecular formula is C9H13ClF3N3O. The third kappa shape index (κ3) is 5.18. The highest BCUT2D eigenvalue weighted by atomic mass is 35.5. The van der Waals surface area contributed by atoms with Gasteiger partial charge in [-0.25, -0.2) is 0 Å². The Labute approximate surface area is 103 Å². The average molecular weight is 272 g/mol. The van der Waals surface area contributed by atoms with Gasteiger partial charge in [-0.3, -0.25) is 0 Å². The van der Waals surface area contributed by atoms with Crippen molar-refractivity contribution in [3.05, 3.63) is 17.3 Å². The zero-order valence-electron chi connectivity index (χ0n) is 9.28. The second-order valence-electron chi connectivity index (χ2n) is 3.45. The van der Waals surface area contributed by atoms with E-state index in [2.05, 4.69) is 14.9 Å². The number of alkyl halides is 3. The van der Waals surface area contributed by atoms with Crippen LogP contribution in [0.25, 0.3) is 0 Å². The maximum atomic E-state index is 11.9. The molecule has 0 aliphatic heterocycles. The summed E-state index contributed by atoms with van der Waals surface area (Å²) in [6.45, 7) is 1.92. The molecular weight excluding hydrogens is 259 g/mol. The highest BCUT2D eigenvalue weighted by molar-refractivity contribution is 5.85. The Morgan fingerprint density at radius 1 is 1.41 bits per heavy atom. The molecule has 0 saturated heterocycles. The summed E-state index contributed by atoms with van der Waals surface area (Å²) in [5.74, 6) is -0.123. The summed E-state index contributed by atoms with van der Waals surface area (Å²) in [4.78, 5) is 0. The molecule has 1 heterocycles. The molecule has 1 aromatic rings. The van der Waals surface area contributed by atoms with Gasteiger partial charge in [-0.2, -0.15) is 18.3 Å². The van der Waals surface area contributed by atoms with Crippen LogP contribution in [-0.4, -0.2) is 23.0 Å². The van der Waals surface area contributed by atoms with E-state index >= 15 is 0 Å². The van der Waals surface area contributed by atoms with Crippen molar-refractivity contribution in [2.45, 2.75) is 26.1 Å². The van der Waals surface area contributed by atoms with Crippen molar-refractivity contribution >= 4 is 12.4 Å². The van der Waals surface area contributed by atoms with Gasteiger partial charge in [0, 0.05) is 11.6 Å². The number of hydrogen-bond acceptors (Lipinski definition) is 4. The number of halogens is 4. The lowest BCUT2D eigenvalue weighted by atomic mass is 10.2. The van der Waals surface area contributed by atoms with Crippen LogP contribution in [0, 0.1) is 6.92 Å². The standard InChI is InChI=1S/C9H12F3N3O.ClH/c1-5-3-7(6(2)13)14-15-8(5)16-4-9(10,11)12;/h3,6H,4,13H2,1-2H3;1H. The van der Waals surface area contributed by atoms with E-state index in [1.54, 1.807) is 19.9 Å². The van der Waals surface area contributed by atoms with Crippen molar-refractivity contribution in [3.8, 4) is 5.88 Å². The highest BCUT2D eigenvalue weighted by Gasteiger charge is 2.29. The van der Waals surface area contributed by atoms with Crippen LogP contribution in [-0.2, 0) is 0 Å². The number of ether oxygens (including phenoxy) is 1. The van der Waals surface area contributed by atoms with Crippen LogP contribution >= 0.6 is 12.4 Å². The molecule has 0 bridgehead atoms. The van der Waals surface area contributed by atoms with E-state index in [0.29, 0.717) is 11.3 Å². The second-order valence-corrected chi connectivity index (χ2v) is 3.45. The van der Waals surface area contributed by atoms with Crippen LogP contribution in [0.1, 0.15) is 24.2 Å². The second kappa shape index (κ2) is 6.02. The van der Waals surface area contributed by atoms with Gasteiger partial charge in [0.2, 0.25) is 5.88 Å². The minimum Gasteiger partial charge on any atom is -0.467 e. The van der Waals surface area contributed by atoms with Gasteiger partial charge in [-0.05, 0) is 19.9 Å². The van der Waals surface area contributed by atoms with Gasteiger partial charge in [0.25, 0.3) is 0 Å². The third-order valence-electron chi connectivity index (χ3n) is 1.80. The van der Waals surface area contributed by atoms with Gasteiger partial charge in [0.05, 0.1) is 5.69 Å². The quantitative estimate of drug-likeness (QED) is 0.915. The Morgan fingerprint density at radius 3 is 2.41 bits per heavy atom. The molecule has 0 aromatic carbocycles. The van der Waals surface area contributed by atoms with Gasteiger partial charge in [0.15, 0.2) is 6.61 Å². The first kappa shape index (κ1) is 15.9. The van der Waals surface area contributed by atoms with Gasteiger partial charge in [0.1, 0.15) is 0 Å². The van der Waals surface area contributed by atoms with Crippen LogP contribution < -0.4 is 10.5 Å². The van der Waals surface area contributed by atoms with E-state index in [4.69, 9.17) is 5.73 Å². The minimum absolute atomic E-state index is 0. The molecule has 1 rings (SSSR count). The minimum atomic E-state index is -4.38. The number of hydrogen-bond donors (Lipinski definition) is 1. The van der Waals surface area contributed by atoms with Crippen LogP contribution in [0.3, 0.4) is 0 Å². The van der Waals surface area contributed by atoms with Gasteiger partial charge in [-0.15, -0.1) is 17.5 Å². The maximum Gasteiger partial charge on any atom is 0.422 e. The topological polar surface area (TPSA) is 61.0 Å². The molecule has 0 aliphatic rings. The van der Waals surface area contributed by atoms with E-state index in [9.17, 15) is 13.2 Å². The molecule has 0 radical (unpaired) electrons. The highest BCUT2D eigenvalue weighted by Crippen LogP contribution is 2.20. The summed E-state index contributed by atoms with van der Waals surface area (Å²) in [6, 6.07) is 1.24. The van der Waals surface area contributed by atoms with Gasteiger partial charge >= 0.3 is 6.18 Å². The Bertz CT molecular complexity index is 371. The fraction of sp³-hybridized carbons (Fsp3) is 0.556. The summed E-state index contributed by atoms with van der Waals surface area (Å²) >= 11 is 0. The van der Waals surface area contributed by atoms with E-state index in [1.807, 2.05) is 0 Å². The Morgan fingerprint density at radius 2 is 2.00 bits per heavy atom. The van der Waals surface area contributed by atoms with Crippen molar-refractivity contribution < 1.29 is 17.9 Å². The Hall–Kier alpha value is -1.08. The first-order chi connectivity index (χ1) is 7.29. The fourth-order valence-corrected chi connectivity index (χ4v) is 1.01. The van der Waals surface area contributed by atoms with Crippen molar-refractivity contribution in [1.82, 2.24) is 10.2 Å². The first-order valence-corrected chi connectivity index (χ1v) is 4.59. The molecule has 8 heteroatoms. The summed E-state index contributed by atoms with van der Waals surface area (Å²) < 4.78 is 40.2. The monoisotopic (exact) mass is 271 g/mol. The zero-order chi connectivity index (χ0) is 12.3.